The van der Waals surface area contributed by atoms with Gasteiger partial charge in [0.2, 0.25) is 10.0 Å². The molecule has 0 aliphatic rings. The first-order valence-electron chi connectivity index (χ1n) is 7.81. The molecule has 0 saturated heterocycles. The van der Waals surface area contributed by atoms with E-state index in [4.69, 9.17) is 0 Å². The second-order valence-electron chi connectivity index (χ2n) is 5.27. The number of nitrogens with one attached hydrogen (secondary N) is 2. The number of hydrogen-bond donors (Lipinski definition) is 2. The lowest BCUT2D eigenvalue weighted by Gasteiger charge is -2.18. The predicted octanol–water partition coefficient (Wildman–Crippen LogP) is 1.70. The normalized spacial score (nSPS) is 12.3. The van der Waals surface area contributed by atoms with E-state index < -0.39 is 36.6 Å². The molecule has 0 aliphatic carbocycles. The maximum atomic E-state index is 13.2. The molecule has 0 radical (unpaired) electrons. The Bertz CT molecular complexity index is 1010. The zero-order valence-corrected chi connectivity index (χ0v) is 16.1. The van der Waals surface area contributed by atoms with Crippen LogP contribution in [-0.4, -0.2) is 39.2 Å². The average Bonchev–Trinajstić information content (AvgIpc) is 2.63. The second kappa shape index (κ2) is 8.25. The summed E-state index contributed by atoms with van der Waals surface area (Å²) in [6.45, 7) is 4.01. The SMILES string of the molecule is CCN(CC)S(=O)(=O)c1ccc(NNS(=O)(=O)c2ccc(F)c(F)c2)nc1. The summed E-state index contributed by atoms with van der Waals surface area (Å²) in [7, 11) is -7.88. The molecule has 1 heterocycles. The third-order valence-corrected chi connectivity index (χ3v) is 6.87. The topological polar surface area (TPSA) is 108 Å². The molecule has 0 fully saturated rings. The number of pyridine rings is 1. The van der Waals surface area contributed by atoms with Crippen LogP contribution < -0.4 is 10.3 Å². The van der Waals surface area contributed by atoms with E-state index in [2.05, 4.69) is 10.4 Å². The van der Waals surface area contributed by atoms with Crippen molar-refractivity contribution in [3.8, 4) is 0 Å². The molecule has 0 atom stereocenters. The van der Waals surface area contributed by atoms with Crippen LogP contribution in [0.25, 0.3) is 0 Å². The summed E-state index contributed by atoms with van der Waals surface area (Å²) >= 11 is 0. The van der Waals surface area contributed by atoms with Crippen molar-refractivity contribution in [2.24, 2.45) is 0 Å². The Kier molecular flexibility index (Phi) is 6.46. The standard InChI is InChI=1S/C15H18F2N4O4S2/c1-3-21(4-2)27(24,25)12-6-8-15(18-10-12)19-20-26(22,23)11-5-7-13(16)14(17)9-11/h5-10,20H,3-4H2,1-2H3,(H,18,19). The van der Waals surface area contributed by atoms with Crippen molar-refractivity contribution in [3.63, 3.8) is 0 Å². The van der Waals surface area contributed by atoms with Crippen molar-refractivity contribution in [2.45, 2.75) is 23.6 Å². The van der Waals surface area contributed by atoms with Crippen molar-refractivity contribution in [3.05, 3.63) is 48.2 Å². The van der Waals surface area contributed by atoms with E-state index >= 15 is 0 Å². The highest BCUT2D eigenvalue weighted by Crippen LogP contribution is 2.17. The Morgan fingerprint density at radius 2 is 1.59 bits per heavy atom. The predicted molar refractivity (Wildman–Crippen MR) is 94.6 cm³/mol. The summed E-state index contributed by atoms with van der Waals surface area (Å²) < 4.78 is 76.2. The van der Waals surface area contributed by atoms with Crippen LogP contribution in [0.15, 0.2) is 46.3 Å². The number of anilines is 1. The van der Waals surface area contributed by atoms with Gasteiger partial charge < -0.3 is 0 Å². The molecule has 27 heavy (non-hydrogen) atoms. The van der Waals surface area contributed by atoms with E-state index in [1.54, 1.807) is 13.8 Å². The Morgan fingerprint density at radius 3 is 2.11 bits per heavy atom. The van der Waals surface area contributed by atoms with E-state index in [-0.39, 0.29) is 10.7 Å². The third-order valence-electron chi connectivity index (χ3n) is 3.59. The van der Waals surface area contributed by atoms with E-state index in [1.165, 1.54) is 16.4 Å². The molecule has 12 heteroatoms. The number of nitrogens with zero attached hydrogens (tertiary/aromatic N) is 2. The number of hydrogen-bond acceptors (Lipinski definition) is 6. The maximum absolute atomic E-state index is 13.2. The third kappa shape index (κ3) is 4.77. The molecule has 2 rings (SSSR count). The van der Waals surface area contributed by atoms with Crippen LogP contribution in [-0.2, 0) is 20.0 Å². The van der Waals surface area contributed by atoms with Gasteiger partial charge in [0.15, 0.2) is 11.6 Å². The first kappa shape index (κ1) is 21.2. The maximum Gasteiger partial charge on any atom is 0.257 e. The average molecular weight is 420 g/mol. The molecule has 2 aromatic rings. The quantitative estimate of drug-likeness (QED) is 0.630. The minimum absolute atomic E-state index is 0.0136. The molecule has 0 bridgehead atoms. The van der Waals surface area contributed by atoms with Gasteiger partial charge in [-0.1, -0.05) is 13.8 Å². The van der Waals surface area contributed by atoms with Gasteiger partial charge in [0, 0.05) is 19.3 Å². The molecule has 1 aromatic heterocycles. The fourth-order valence-electron chi connectivity index (χ4n) is 2.14. The van der Waals surface area contributed by atoms with Gasteiger partial charge in [-0.2, -0.15) is 4.31 Å². The van der Waals surface area contributed by atoms with Crippen molar-refractivity contribution < 1.29 is 25.6 Å². The fraction of sp³-hybridized carbons (Fsp3) is 0.267. The van der Waals surface area contributed by atoms with Gasteiger partial charge in [-0.15, -0.1) is 4.83 Å². The molecule has 8 nitrogen and oxygen atoms in total. The summed E-state index contributed by atoms with van der Waals surface area (Å²) in [6.07, 6.45) is 1.09. The zero-order valence-electron chi connectivity index (χ0n) is 14.5. The molecular weight excluding hydrogens is 402 g/mol. The number of sulfonamides is 2. The van der Waals surface area contributed by atoms with E-state index in [1.807, 2.05) is 4.83 Å². The van der Waals surface area contributed by atoms with Crippen LogP contribution >= 0.6 is 0 Å². The molecule has 0 amide bonds. The summed E-state index contributed by atoms with van der Waals surface area (Å²) in [5.41, 5.74) is 2.28. The number of aromatic nitrogens is 1. The van der Waals surface area contributed by atoms with Crippen LogP contribution in [0.1, 0.15) is 13.8 Å². The van der Waals surface area contributed by atoms with Gasteiger partial charge in [-0.05, 0) is 30.3 Å². The minimum Gasteiger partial charge on any atom is -0.292 e. The molecular formula is C15H18F2N4O4S2. The van der Waals surface area contributed by atoms with Crippen molar-refractivity contribution in [1.29, 1.82) is 0 Å². The van der Waals surface area contributed by atoms with Gasteiger partial charge in [0.1, 0.15) is 10.7 Å². The van der Waals surface area contributed by atoms with Gasteiger partial charge in [0.25, 0.3) is 10.0 Å². The van der Waals surface area contributed by atoms with Crippen molar-refractivity contribution >= 4 is 25.9 Å². The largest absolute Gasteiger partial charge is 0.292 e. The molecule has 0 saturated carbocycles. The minimum atomic E-state index is -4.19. The lowest BCUT2D eigenvalue weighted by molar-refractivity contribution is 0.445. The highest BCUT2D eigenvalue weighted by atomic mass is 32.2. The van der Waals surface area contributed by atoms with Crippen molar-refractivity contribution in [2.75, 3.05) is 18.5 Å². The van der Waals surface area contributed by atoms with E-state index in [9.17, 15) is 25.6 Å². The molecule has 1 aromatic carbocycles. The number of hydrazine groups is 1. The molecule has 148 valence electrons. The highest BCUT2D eigenvalue weighted by Gasteiger charge is 2.22. The van der Waals surface area contributed by atoms with Gasteiger partial charge in [-0.3, -0.25) is 5.43 Å². The number of benzene rings is 1. The van der Waals surface area contributed by atoms with Crippen LogP contribution in [0.4, 0.5) is 14.6 Å². The van der Waals surface area contributed by atoms with Crippen LogP contribution in [0.2, 0.25) is 0 Å². The van der Waals surface area contributed by atoms with Crippen molar-refractivity contribution in [1.82, 2.24) is 14.1 Å². The van der Waals surface area contributed by atoms with Crippen LogP contribution in [0.3, 0.4) is 0 Å². The Morgan fingerprint density at radius 1 is 0.963 bits per heavy atom. The summed E-state index contributed by atoms with van der Waals surface area (Å²) in [5, 5.41) is 0. The Labute approximate surface area is 156 Å². The first-order chi connectivity index (χ1) is 12.6. The summed E-state index contributed by atoms with van der Waals surface area (Å²) in [4.78, 5) is 5.27. The highest BCUT2D eigenvalue weighted by molar-refractivity contribution is 7.89. The van der Waals surface area contributed by atoms with E-state index in [0.29, 0.717) is 25.2 Å². The van der Waals surface area contributed by atoms with Gasteiger partial charge in [0.05, 0.1) is 4.90 Å². The Hall–Kier alpha value is -2.15. The van der Waals surface area contributed by atoms with Crippen LogP contribution in [0, 0.1) is 11.6 Å². The molecule has 0 unspecified atom stereocenters. The molecule has 2 N–H and O–H groups in total. The second-order valence-corrected chi connectivity index (χ2v) is 8.90. The fourth-order valence-corrected chi connectivity index (χ4v) is 4.41. The Balaban J connectivity index is 2.14. The zero-order chi connectivity index (χ0) is 20.2. The number of rotatable bonds is 8. The lowest BCUT2D eigenvalue weighted by atomic mass is 10.3. The lowest BCUT2D eigenvalue weighted by Crippen LogP contribution is -2.31. The molecule has 0 aliphatic heterocycles. The number of halogens is 2. The van der Waals surface area contributed by atoms with Crippen LogP contribution in [0.5, 0.6) is 0 Å². The first-order valence-corrected chi connectivity index (χ1v) is 10.7. The summed E-state index contributed by atoms with van der Waals surface area (Å²) in [6, 6.07) is 4.66. The monoisotopic (exact) mass is 420 g/mol. The molecule has 0 spiro atoms. The smallest absolute Gasteiger partial charge is 0.257 e. The summed E-state index contributed by atoms with van der Waals surface area (Å²) in [5.74, 6) is -2.46. The van der Waals surface area contributed by atoms with Gasteiger partial charge in [-0.25, -0.2) is 30.6 Å². The van der Waals surface area contributed by atoms with Gasteiger partial charge >= 0.3 is 0 Å². The van der Waals surface area contributed by atoms with E-state index in [0.717, 1.165) is 12.3 Å².